The Hall–Kier alpha value is -2.41. The van der Waals surface area contributed by atoms with Crippen LogP contribution >= 0.6 is 0 Å². The second-order valence-corrected chi connectivity index (χ2v) is 8.43. The van der Waals surface area contributed by atoms with E-state index in [4.69, 9.17) is 4.98 Å². The molecule has 2 aromatic heterocycles. The van der Waals surface area contributed by atoms with Crippen molar-refractivity contribution in [2.45, 2.75) is 45.4 Å². The average Bonchev–Trinajstić information content (AvgIpc) is 3.11. The Morgan fingerprint density at radius 1 is 1.14 bits per heavy atom. The lowest BCUT2D eigenvalue weighted by Gasteiger charge is -2.27. The van der Waals surface area contributed by atoms with Crippen LogP contribution in [0.15, 0.2) is 35.4 Å². The van der Waals surface area contributed by atoms with Gasteiger partial charge in [0.25, 0.3) is 0 Å². The molecule has 0 aliphatic carbocycles. The minimum atomic E-state index is -0.988. The number of aryl methyl sites for hydroxylation is 1. The maximum absolute atomic E-state index is 11.7. The molecule has 0 amide bonds. The number of nitrogens with one attached hydrogen (secondary N) is 1. The number of hydrogen-bond donors (Lipinski definition) is 1. The van der Waals surface area contributed by atoms with E-state index in [2.05, 4.69) is 36.1 Å². The number of anilines is 3. The first-order chi connectivity index (χ1) is 13.5. The van der Waals surface area contributed by atoms with Crippen molar-refractivity contribution in [1.29, 1.82) is 0 Å². The molecule has 0 bridgehead atoms. The molecule has 3 aromatic rings. The van der Waals surface area contributed by atoms with E-state index < -0.39 is 10.8 Å². The van der Waals surface area contributed by atoms with Crippen molar-refractivity contribution in [2.24, 2.45) is 0 Å². The molecule has 1 unspecified atom stereocenters. The van der Waals surface area contributed by atoms with Gasteiger partial charge in [-0.15, -0.1) is 0 Å². The summed E-state index contributed by atoms with van der Waals surface area (Å²) in [5.41, 5.74) is 3.91. The van der Waals surface area contributed by atoms with E-state index in [9.17, 15) is 4.21 Å². The molecule has 0 saturated heterocycles. The molecule has 0 aliphatic rings. The van der Waals surface area contributed by atoms with Crippen LogP contribution in [0.3, 0.4) is 0 Å². The molecule has 0 aliphatic heterocycles. The molecule has 0 saturated carbocycles. The summed E-state index contributed by atoms with van der Waals surface area (Å²) in [6.07, 6.45) is 5.63. The van der Waals surface area contributed by atoms with Crippen LogP contribution in [0.4, 0.5) is 17.3 Å². The summed E-state index contributed by atoms with van der Waals surface area (Å²) in [5, 5.41) is 8.00. The van der Waals surface area contributed by atoms with Crippen molar-refractivity contribution >= 4 is 33.8 Å². The predicted octanol–water partition coefficient (Wildman–Crippen LogP) is 4.45. The van der Waals surface area contributed by atoms with Gasteiger partial charge in [-0.25, -0.2) is 4.98 Å². The molecule has 0 radical (unpaired) electrons. The van der Waals surface area contributed by atoms with Gasteiger partial charge in [0.15, 0.2) is 5.65 Å². The molecule has 2 heterocycles. The van der Waals surface area contributed by atoms with Crippen LogP contribution in [0, 0.1) is 13.8 Å². The van der Waals surface area contributed by atoms with Crippen LogP contribution in [0.5, 0.6) is 0 Å². The summed E-state index contributed by atoms with van der Waals surface area (Å²) in [7, 11) is -0.988. The van der Waals surface area contributed by atoms with Crippen LogP contribution in [0.2, 0.25) is 0 Å². The standard InChI is InChI=1S/C21H29N5OS/c1-6-12-25(13-7-2)21-16(4)20(24-19-10-11-22-26(19)21)23-18-9-8-17(28(5)27)14-15(18)3/h8-11,14H,6-7,12-13H2,1-5H3,(H,23,24). The molecule has 7 heteroatoms. The van der Waals surface area contributed by atoms with E-state index in [1.807, 2.05) is 35.7 Å². The largest absolute Gasteiger partial charge is 0.356 e. The Bertz CT molecular complexity index is 992. The third kappa shape index (κ3) is 4.04. The van der Waals surface area contributed by atoms with E-state index in [1.54, 1.807) is 12.5 Å². The Balaban J connectivity index is 2.07. The maximum Gasteiger partial charge on any atom is 0.159 e. The number of rotatable bonds is 8. The molecule has 28 heavy (non-hydrogen) atoms. The highest BCUT2D eigenvalue weighted by Crippen LogP contribution is 2.30. The van der Waals surface area contributed by atoms with Crippen molar-refractivity contribution in [3.63, 3.8) is 0 Å². The Morgan fingerprint density at radius 3 is 2.46 bits per heavy atom. The first kappa shape index (κ1) is 20.3. The number of nitrogens with zero attached hydrogens (tertiary/aromatic N) is 4. The Kier molecular flexibility index (Phi) is 6.34. The van der Waals surface area contributed by atoms with Gasteiger partial charge in [-0.3, -0.25) is 4.21 Å². The van der Waals surface area contributed by atoms with Gasteiger partial charge in [-0.1, -0.05) is 13.8 Å². The number of hydrogen-bond acceptors (Lipinski definition) is 5. The molecule has 6 nitrogen and oxygen atoms in total. The minimum Gasteiger partial charge on any atom is -0.356 e. The number of fused-ring (bicyclic) bond motifs is 1. The molecule has 0 spiro atoms. The molecular weight excluding hydrogens is 370 g/mol. The summed E-state index contributed by atoms with van der Waals surface area (Å²) >= 11 is 0. The van der Waals surface area contributed by atoms with E-state index in [1.165, 1.54) is 0 Å². The quantitative estimate of drug-likeness (QED) is 0.606. The lowest BCUT2D eigenvalue weighted by atomic mass is 10.2. The third-order valence-electron chi connectivity index (χ3n) is 4.81. The highest BCUT2D eigenvalue weighted by Gasteiger charge is 2.18. The summed E-state index contributed by atoms with van der Waals surface area (Å²) in [6, 6.07) is 7.77. The van der Waals surface area contributed by atoms with Crippen molar-refractivity contribution < 1.29 is 4.21 Å². The first-order valence-corrected chi connectivity index (χ1v) is 11.3. The van der Waals surface area contributed by atoms with Gasteiger partial charge in [0.05, 0.1) is 6.20 Å². The fraction of sp³-hybridized carbons (Fsp3) is 0.429. The maximum atomic E-state index is 11.7. The van der Waals surface area contributed by atoms with E-state index in [0.29, 0.717) is 0 Å². The highest BCUT2D eigenvalue weighted by atomic mass is 32.2. The molecule has 3 rings (SSSR count). The van der Waals surface area contributed by atoms with Gasteiger partial charge in [0.1, 0.15) is 11.6 Å². The van der Waals surface area contributed by atoms with E-state index in [-0.39, 0.29) is 0 Å². The number of aromatic nitrogens is 3. The van der Waals surface area contributed by atoms with Gasteiger partial charge >= 0.3 is 0 Å². The molecule has 1 atom stereocenters. The SMILES string of the molecule is CCCN(CCC)c1c(C)c(Nc2ccc(S(C)=O)cc2C)nc2ccnn12. The second-order valence-electron chi connectivity index (χ2n) is 7.05. The first-order valence-electron chi connectivity index (χ1n) is 9.76. The summed E-state index contributed by atoms with van der Waals surface area (Å²) < 4.78 is 13.7. The minimum absolute atomic E-state index is 0.823. The molecular formula is C21H29N5OS. The monoisotopic (exact) mass is 399 g/mol. The van der Waals surface area contributed by atoms with Gasteiger partial charge in [-0.05, 0) is 50.5 Å². The summed E-state index contributed by atoms with van der Waals surface area (Å²) in [6.45, 7) is 10.5. The zero-order chi connectivity index (χ0) is 20.3. The lowest BCUT2D eigenvalue weighted by molar-refractivity contribution is 0.686. The summed E-state index contributed by atoms with van der Waals surface area (Å²) in [5.74, 6) is 1.92. The Morgan fingerprint density at radius 2 is 1.86 bits per heavy atom. The van der Waals surface area contributed by atoms with Crippen LogP contribution in [-0.4, -0.2) is 38.2 Å². The van der Waals surface area contributed by atoms with Crippen LogP contribution < -0.4 is 10.2 Å². The van der Waals surface area contributed by atoms with Gasteiger partial charge in [0, 0.05) is 52.4 Å². The lowest BCUT2D eigenvalue weighted by Crippen LogP contribution is -2.28. The number of benzene rings is 1. The van der Waals surface area contributed by atoms with Gasteiger partial charge < -0.3 is 10.2 Å². The smallest absolute Gasteiger partial charge is 0.159 e. The zero-order valence-electron chi connectivity index (χ0n) is 17.3. The molecule has 1 N–H and O–H groups in total. The topological polar surface area (TPSA) is 62.5 Å². The van der Waals surface area contributed by atoms with Gasteiger partial charge in [-0.2, -0.15) is 9.61 Å². The van der Waals surface area contributed by atoms with Crippen molar-refractivity contribution in [1.82, 2.24) is 14.6 Å². The van der Waals surface area contributed by atoms with Crippen LogP contribution in [-0.2, 0) is 10.8 Å². The van der Waals surface area contributed by atoms with Crippen molar-refractivity contribution in [2.75, 3.05) is 29.6 Å². The molecule has 1 aromatic carbocycles. The predicted molar refractivity (Wildman–Crippen MR) is 117 cm³/mol. The zero-order valence-corrected chi connectivity index (χ0v) is 18.1. The molecule has 0 fully saturated rings. The molecule has 150 valence electrons. The summed E-state index contributed by atoms with van der Waals surface area (Å²) in [4.78, 5) is 8.01. The highest BCUT2D eigenvalue weighted by molar-refractivity contribution is 7.84. The van der Waals surface area contributed by atoms with Crippen molar-refractivity contribution in [3.8, 4) is 0 Å². The fourth-order valence-electron chi connectivity index (χ4n) is 3.45. The van der Waals surface area contributed by atoms with Crippen molar-refractivity contribution in [3.05, 3.63) is 41.6 Å². The van der Waals surface area contributed by atoms with Crippen LogP contribution in [0.1, 0.15) is 37.8 Å². The Labute approximate surface area is 169 Å². The third-order valence-corrected chi connectivity index (χ3v) is 5.73. The van der Waals surface area contributed by atoms with E-state index >= 15 is 0 Å². The van der Waals surface area contributed by atoms with Crippen LogP contribution in [0.25, 0.3) is 5.65 Å². The average molecular weight is 400 g/mol. The van der Waals surface area contributed by atoms with E-state index in [0.717, 1.165) is 64.9 Å². The second kappa shape index (κ2) is 8.73. The normalized spacial score (nSPS) is 12.3. The fourth-order valence-corrected chi connectivity index (χ4v) is 4.05. The van der Waals surface area contributed by atoms with Gasteiger partial charge in [0.2, 0.25) is 0 Å².